The lowest BCUT2D eigenvalue weighted by atomic mass is 9.63. The molecule has 0 saturated heterocycles. The van der Waals surface area contributed by atoms with Crippen LogP contribution in [0.3, 0.4) is 0 Å². The minimum absolute atomic E-state index is 0.211. The van der Waals surface area contributed by atoms with Crippen molar-refractivity contribution < 1.29 is 0 Å². The zero-order valence-electron chi connectivity index (χ0n) is 32.1. The Balaban J connectivity index is 1.02. The number of para-hydroxylation sites is 1. The average Bonchev–Trinajstić information content (AvgIpc) is 3.61. The monoisotopic (exact) mass is 752 g/mol. The van der Waals surface area contributed by atoms with Crippen LogP contribution in [0.2, 0.25) is 0 Å². The van der Waals surface area contributed by atoms with Gasteiger partial charge in [-0.15, -0.1) is 0 Å². The van der Waals surface area contributed by atoms with E-state index >= 15 is 0 Å². The zero-order valence-corrected chi connectivity index (χ0v) is 32.1. The molecule has 276 valence electrons. The van der Waals surface area contributed by atoms with Gasteiger partial charge in [0.15, 0.2) is 0 Å². The third kappa shape index (κ3) is 5.09. The molecule has 12 rings (SSSR count). The first-order chi connectivity index (χ1) is 29.3. The van der Waals surface area contributed by atoms with Gasteiger partial charge in [0, 0.05) is 68.7 Å². The summed E-state index contributed by atoms with van der Waals surface area (Å²) in [7, 11) is 0. The maximum absolute atomic E-state index is 5.44. The molecule has 0 fully saturated rings. The summed E-state index contributed by atoms with van der Waals surface area (Å²) >= 11 is 0. The molecule has 0 radical (unpaired) electrons. The molecule has 0 spiro atoms. The molecule has 4 heterocycles. The van der Waals surface area contributed by atoms with Crippen molar-refractivity contribution in [2.45, 2.75) is 11.3 Å². The fourth-order valence-corrected chi connectivity index (χ4v) is 10.2. The van der Waals surface area contributed by atoms with Crippen LogP contribution in [-0.2, 0) is 5.41 Å². The molecule has 6 aromatic carbocycles. The van der Waals surface area contributed by atoms with Gasteiger partial charge in [0.2, 0.25) is 0 Å². The highest BCUT2D eigenvalue weighted by Gasteiger charge is 2.53. The van der Waals surface area contributed by atoms with E-state index in [0.29, 0.717) is 0 Å². The van der Waals surface area contributed by atoms with E-state index in [0.717, 1.165) is 66.4 Å². The Bertz CT molecular complexity index is 3290. The Morgan fingerprint density at radius 2 is 1.25 bits per heavy atom. The summed E-state index contributed by atoms with van der Waals surface area (Å²) < 4.78 is 0. The van der Waals surface area contributed by atoms with Crippen molar-refractivity contribution >= 4 is 43.5 Å². The fourth-order valence-electron chi connectivity index (χ4n) is 10.2. The first-order valence-corrected chi connectivity index (χ1v) is 20.3. The number of allylic oxidation sites excluding steroid dienone is 4. The predicted molar refractivity (Wildman–Crippen MR) is 241 cm³/mol. The molecule has 0 saturated carbocycles. The van der Waals surface area contributed by atoms with Crippen molar-refractivity contribution in [1.82, 2.24) is 19.9 Å². The highest BCUT2D eigenvalue weighted by Crippen LogP contribution is 2.60. The van der Waals surface area contributed by atoms with Crippen LogP contribution in [0.15, 0.2) is 207 Å². The smallest absolute Gasteiger partial charge is 0.0971 e. The van der Waals surface area contributed by atoms with E-state index in [-0.39, 0.29) is 17.3 Å². The van der Waals surface area contributed by atoms with Crippen LogP contribution in [0.1, 0.15) is 28.2 Å². The SMILES string of the molecule is C1=CC2c3cc4c(-c5cccc(-c6ccc(-c7ccnc8c7ccc7cccnc78)nc6)c5)nc5ccccc5c4cc3C(c3ccccc3)(c3ccccc3)C2C=C1. The molecule has 2 aliphatic carbocycles. The number of nitrogens with zero attached hydrogens (tertiary/aromatic N) is 4. The quantitative estimate of drug-likeness (QED) is 0.164. The van der Waals surface area contributed by atoms with Gasteiger partial charge < -0.3 is 0 Å². The Kier molecular flexibility index (Phi) is 7.54. The summed E-state index contributed by atoms with van der Waals surface area (Å²) in [6.07, 6.45) is 15.0. The van der Waals surface area contributed by atoms with E-state index in [1.165, 1.54) is 33.0 Å². The fraction of sp³-hybridized carbons (Fsp3) is 0.0545. The predicted octanol–water partition coefficient (Wildman–Crippen LogP) is 13.1. The number of rotatable bonds is 5. The van der Waals surface area contributed by atoms with Crippen LogP contribution in [0.5, 0.6) is 0 Å². The first kappa shape index (κ1) is 33.6. The molecule has 4 nitrogen and oxygen atoms in total. The van der Waals surface area contributed by atoms with Gasteiger partial charge in [0.25, 0.3) is 0 Å². The number of fused-ring (bicyclic) bond motifs is 9. The van der Waals surface area contributed by atoms with Gasteiger partial charge in [-0.1, -0.05) is 146 Å². The molecule has 2 atom stereocenters. The number of benzene rings is 6. The molecule has 10 aromatic rings. The van der Waals surface area contributed by atoms with Crippen molar-refractivity contribution in [2.75, 3.05) is 0 Å². The molecule has 0 aliphatic heterocycles. The molecular weight excluding hydrogens is 717 g/mol. The van der Waals surface area contributed by atoms with E-state index in [1.807, 2.05) is 30.7 Å². The largest absolute Gasteiger partial charge is 0.256 e. The van der Waals surface area contributed by atoms with Crippen LogP contribution in [0, 0.1) is 5.92 Å². The van der Waals surface area contributed by atoms with Crippen LogP contribution >= 0.6 is 0 Å². The van der Waals surface area contributed by atoms with E-state index in [2.05, 4.69) is 181 Å². The summed E-state index contributed by atoms with van der Waals surface area (Å²) in [6.45, 7) is 0. The van der Waals surface area contributed by atoms with E-state index in [1.54, 1.807) is 0 Å². The highest BCUT2D eigenvalue weighted by molar-refractivity contribution is 6.12. The van der Waals surface area contributed by atoms with Crippen molar-refractivity contribution in [1.29, 1.82) is 0 Å². The second-order valence-electron chi connectivity index (χ2n) is 15.7. The molecule has 4 aromatic heterocycles. The third-order valence-corrected chi connectivity index (χ3v) is 12.7. The summed E-state index contributed by atoms with van der Waals surface area (Å²) in [4.78, 5) is 19.8. The highest BCUT2D eigenvalue weighted by atomic mass is 14.7. The van der Waals surface area contributed by atoms with Crippen LogP contribution in [0.25, 0.3) is 77.1 Å². The lowest BCUT2D eigenvalue weighted by Crippen LogP contribution is -2.35. The maximum atomic E-state index is 5.44. The normalized spacial score (nSPS) is 16.5. The Hall–Kier alpha value is -7.56. The molecular formula is C55H36N4. The van der Waals surface area contributed by atoms with Gasteiger partial charge in [-0.3, -0.25) is 15.0 Å². The van der Waals surface area contributed by atoms with Gasteiger partial charge in [0.1, 0.15) is 0 Å². The van der Waals surface area contributed by atoms with Crippen LogP contribution in [0.4, 0.5) is 0 Å². The number of aromatic nitrogens is 4. The maximum Gasteiger partial charge on any atom is 0.0971 e. The van der Waals surface area contributed by atoms with Gasteiger partial charge in [-0.2, -0.15) is 0 Å². The molecule has 4 heteroatoms. The second kappa shape index (κ2) is 13.3. The molecule has 0 amide bonds. The van der Waals surface area contributed by atoms with E-state index < -0.39 is 0 Å². The average molecular weight is 753 g/mol. The third-order valence-electron chi connectivity index (χ3n) is 12.7. The lowest BCUT2D eigenvalue weighted by molar-refractivity contribution is 0.457. The summed E-state index contributed by atoms with van der Waals surface area (Å²) in [5, 5.41) is 5.66. The molecule has 0 N–H and O–H groups in total. The van der Waals surface area contributed by atoms with Crippen molar-refractivity contribution in [3.8, 4) is 33.6 Å². The van der Waals surface area contributed by atoms with Crippen molar-refractivity contribution in [2.24, 2.45) is 5.92 Å². The van der Waals surface area contributed by atoms with E-state index in [4.69, 9.17) is 15.0 Å². The van der Waals surface area contributed by atoms with Gasteiger partial charge in [-0.25, -0.2) is 4.98 Å². The first-order valence-electron chi connectivity index (χ1n) is 20.3. The molecule has 2 aliphatic rings. The van der Waals surface area contributed by atoms with Gasteiger partial charge in [0.05, 0.1) is 33.4 Å². The van der Waals surface area contributed by atoms with Crippen molar-refractivity contribution in [3.63, 3.8) is 0 Å². The number of pyridine rings is 4. The lowest BCUT2D eigenvalue weighted by Gasteiger charge is -2.38. The zero-order chi connectivity index (χ0) is 38.9. The summed E-state index contributed by atoms with van der Waals surface area (Å²) in [6, 6.07) is 59.2. The Morgan fingerprint density at radius 3 is 2.08 bits per heavy atom. The Labute approximate surface area is 341 Å². The number of hydrogen-bond donors (Lipinski definition) is 0. The number of hydrogen-bond acceptors (Lipinski definition) is 4. The topological polar surface area (TPSA) is 51.6 Å². The standard InChI is InChI=1S/C55H36N4/c1-3-16-39(17-4-1)55(40-18-5-2-6-19-40)48-22-9-7-20-41(48)46-32-47-45(33-49(46)55)42-21-8-10-23-51(42)59-52(47)37-14-11-13-36(31-37)38-25-27-50(58-34-38)43-28-30-57-54-44(43)26-24-35-15-12-29-56-53(35)54/h1-34,41,48H. The van der Waals surface area contributed by atoms with Crippen LogP contribution < -0.4 is 0 Å². The molecule has 59 heavy (non-hydrogen) atoms. The Morgan fingerprint density at radius 1 is 0.475 bits per heavy atom. The second-order valence-corrected chi connectivity index (χ2v) is 15.7. The minimum atomic E-state index is -0.366. The minimum Gasteiger partial charge on any atom is -0.256 e. The van der Waals surface area contributed by atoms with Crippen LogP contribution in [-0.4, -0.2) is 19.9 Å². The molecule has 0 bridgehead atoms. The summed E-state index contributed by atoms with van der Waals surface area (Å²) in [5.74, 6) is 0.425. The van der Waals surface area contributed by atoms with Gasteiger partial charge in [-0.05, 0) is 75.7 Å². The molecule has 2 unspecified atom stereocenters. The van der Waals surface area contributed by atoms with Gasteiger partial charge >= 0.3 is 0 Å². The van der Waals surface area contributed by atoms with E-state index in [9.17, 15) is 0 Å². The summed E-state index contributed by atoms with van der Waals surface area (Å²) in [5.41, 5.74) is 13.9. The van der Waals surface area contributed by atoms with Crippen molar-refractivity contribution in [3.05, 3.63) is 229 Å².